The van der Waals surface area contributed by atoms with E-state index in [1.165, 1.54) is 10.9 Å². The number of nitrogen functional groups attached to an aromatic ring is 1. The number of aliphatic hydroxyl groups excluding tert-OH is 1. The Morgan fingerprint density at radius 2 is 2.39 bits per heavy atom. The van der Waals surface area contributed by atoms with Gasteiger partial charge in [-0.1, -0.05) is 13.3 Å². The van der Waals surface area contributed by atoms with Crippen molar-refractivity contribution in [1.29, 1.82) is 0 Å². The number of anilines is 1. The monoisotopic (exact) mass is 254 g/mol. The van der Waals surface area contributed by atoms with Crippen LogP contribution in [0.1, 0.15) is 26.2 Å². The van der Waals surface area contributed by atoms with Gasteiger partial charge in [0.05, 0.1) is 11.9 Å². The fourth-order valence-electron chi connectivity index (χ4n) is 1.87. The maximum absolute atomic E-state index is 11.7. The molecular weight excluding hydrogens is 232 g/mol. The minimum absolute atomic E-state index is 0.0860. The molecule has 0 aliphatic carbocycles. The summed E-state index contributed by atoms with van der Waals surface area (Å²) in [5, 5.41) is 15.7. The largest absolute Gasteiger partial charge is 0.396 e. The first-order chi connectivity index (χ1) is 8.65. The first kappa shape index (κ1) is 14.5. The van der Waals surface area contributed by atoms with Gasteiger partial charge in [-0.3, -0.25) is 9.48 Å². The normalized spacial score (nSPS) is 12.3. The van der Waals surface area contributed by atoms with Crippen molar-refractivity contribution in [2.45, 2.75) is 32.7 Å². The molecule has 1 rings (SSSR count). The van der Waals surface area contributed by atoms with E-state index >= 15 is 0 Å². The summed E-state index contributed by atoms with van der Waals surface area (Å²) in [4.78, 5) is 11.7. The van der Waals surface area contributed by atoms with E-state index < -0.39 is 0 Å². The molecule has 1 aromatic rings. The third-order valence-corrected chi connectivity index (χ3v) is 2.78. The first-order valence-corrected chi connectivity index (χ1v) is 6.31. The average molecular weight is 254 g/mol. The summed E-state index contributed by atoms with van der Waals surface area (Å²) in [5.74, 6) is 0.254. The summed E-state index contributed by atoms with van der Waals surface area (Å²) in [5.41, 5.74) is 6.06. The number of carbonyl (C=O) groups excluding carboxylic acids is 1. The van der Waals surface area contributed by atoms with Crippen molar-refractivity contribution in [3.63, 3.8) is 0 Å². The molecule has 0 spiro atoms. The van der Waals surface area contributed by atoms with E-state index in [1.807, 2.05) is 0 Å². The average Bonchev–Trinajstić information content (AvgIpc) is 2.72. The highest BCUT2D eigenvalue weighted by Gasteiger charge is 2.10. The van der Waals surface area contributed by atoms with Gasteiger partial charge in [-0.05, 0) is 18.8 Å². The molecule has 1 unspecified atom stereocenters. The molecule has 102 valence electrons. The Balaban J connectivity index is 2.30. The number of nitrogens with two attached hydrogens (primary N) is 1. The summed E-state index contributed by atoms with van der Waals surface area (Å²) >= 11 is 0. The maximum atomic E-state index is 11.7. The molecule has 6 nitrogen and oxygen atoms in total. The summed E-state index contributed by atoms with van der Waals surface area (Å²) in [6, 6.07) is 0. The number of aromatic nitrogens is 2. The standard InChI is InChI=1S/C12H22N4O2/c1-2-3-10(4-5-17)6-14-12(18)9-16-8-11(13)7-15-16/h7-8,10,17H,2-6,9,13H2,1H3,(H,14,18). The van der Waals surface area contributed by atoms with Gasteiger partial charge in [0.1, 0.15) is 6.54 Å². The third-order valence-electron chi connectivity index (χ3n) is 2.78. The quantitative estimate of drug-likeness (QED) is 0.625. The number of hydrogen-bond acceptors (Lipinski definition) is 4. The molecule has 18 heavy (non-hydrogen) atoms. The van der Waals surface area contributed by atoms with Crippen LogP contribution in [0.25, 0.3) is 0 Å². The predicted molar refractivity (Wildman–Crippen MR) is 69.7 cm³/mol. The molecule has 0 radical (unpaired) electrons. The van der Waals surface area contributed by atoms with Crippen LogP contribution in [0, 0.1) is 5.92 Å². The van der Waals surface area contributed by atoms with Crippen molar-refractivity contribution in [2.24, 2.45) is 5.92 Å². The Kier molecular flexibility index (Phi) is 6.21. The van der Waals surface area contributed by atoms with Crippen molar-refractivity contribution in [2.75, 3.05) is 18.9 Å². The molecule has 4 N–H and O–H groups in total. The highest BCUT2D eigenvalue weighted by molar-refractivity contribution is 5.75. The molecular formula is C12H22N4O2. The molecule has 0 bridgehead atoms. The van der Waals surface area contributed by atoms with Crippen LogP contribution in [0.2, 0.25) is 0 Å². The molecule has 0 aliphatic heterocycles. The van der Waals surface area contributed by atoms with E-state index in [0.717, 1.165) is 19.3 Å². The van der Waals surface area contributed by atoms with Gasteiger partial charge in [-0.15, -0.1) is 0 Å². The van der Waals surface area contributed by atoms with Crippen LogP contribution in [-0.4, -0.2) is 33.9 Å². The van der Waals surface area contributed by atoms with Crippen LogP contribution in [0.4, 0.5) is 5.69 Å². The van der Waals surface area contributed by atoms with Gasteiger partial charge in [0.15, 0.2) is 0 Å². The van der Waals surface area contributed by atoms with Crippen LogP contribution < -0.4 is 11.1 Å². The summed E-state index contributed by atoms with van der Waals surface area (Å²) in [6.45, 7) is 3.04. The molecule has 1 heterocycles. The van der Waals surface area contributed by atoms with Crippen molar-refractivity contribution < 1.29 is 9.90 Å². The number of amides is 1. The number of nitrogens with zero attached hydrogens (tertiary/aromatic N) is 2. The van der Waals surface area contributed by atoms with Gasteiger partial charge >= 0.3 is 0 Å². The third kappa shape index (κ3) is 5.18. The highest BCUT2D eigenvalue weighted by atomic mass is 16.3. The lowest BCUT2D eigenvalue weighted by Crippen LogP contribution is -2.32. The lowest BCUT2D eigenvalue weighted by atomic mass is 10.0. The zero-order valence-corrected chi connectivity index (χ0v) is 10.8. The van der Waals surface area contributed by atoms with Gasteiger partial charge in [0.25, 0.3) is 0 Å². The van der Waals surface area contributed by atoms with Crippen LogP contribution >= 0.6 is 0 Å². The van der Waals surface area contributed by atoms with E-state index in [0.29, 0.717) is 18.2 Å². The molecule has 0 saturated carbocycles. The zero-order chi connectivity index (χ0) is 13.4. The van der Waals surface area contributed by atoms with Gasteiger partial charge in [0, 0.05) is 19.3 Å². The molecule has 6 heteroatoms. The molecule has 1 atom stereocenters. The van der Waals surface area contributed by atoms with Crippen LogP contribution in [-0.2, 0) is 11.3 Å². The van der Waals surface area contributed by atoms with E-state index in [4.69, 9.17) is 10.8 Å². The summed E-state index contributed by atoms with van der Waals surface area (Å²) < 4.78 is 1.51. The number of carbonyl (C=O) groups is 1. The molecule has 1 amide bonds. The lowest BCUT2D eigenvalue weighted by Gasteiger charge is -2.15. The lowest BCUT2D eigenvalue weighted by molar-refractivity contribution is -0.122. The second-order valence-corrected chi connectivity index (χ2v) is 4.44. The van der Waals surface area contributed by atoms with E-state index in [9.17, 15) is 4.79 Å². The fraction of sp³-hybridized carbons (Fsp3) is 0.667. The maximum Gasteiger partial charge on any atom is 0.241 e. The van der Waals surface area contributed by atoms with Gasteiger partial charge < -0.3 is 16.2 Å². The molecule has 0 aliphatic rings. The van der Waals surface area contributed by atoms with Crippen LogP contribution in [0.3, 0.4) is 0 Å². The predicted octanol–water partition coefficient (Wildman–Crippen LogP) is 0.380. The minimum Gasteiger partial charge on any atom is -0.396 e. The van der Waals surface area contributed by atoms with E-state index in [2.05, 4.69) is 17.3 Å². The van der Waals surface area contributed by atoms with Crippen LogP contribution in [0.15, 0.2) is 12.4 Å². The molecule has 1 aromatic heterocycles. The second kappa shape index (κ2) is 7.71. The second-order valence-electron chi connectivity index (χ2n) is 4.44. The summed E-state index contributed by atoms with van der Waals surface area (Å²) in [7, 11) is 0. The number of aliphatic hydroxyl groups is 1. The molecule has 0 fully saturated rings. The topological polar surface area (TPSA) is 93.2 Å². The smallest absolute Gasteiger partial charge is 0.241 e. The fourth-order valence-corrected chi connectivity index (χ4v) is 1.87. The van der Waals surface area contributed by atoms with Gasteiger partial charge in [-0.25, -0.2) is 0 Å². The van der Waals surface area contributed by atoms with E-state index in [-0.39, 0.29) is 19.1 Å². The Morgan fingerprint density at radius 3 is 2.94 bits per heavy atom. The minimum atomic E-state index is -0.0860. The van der Waals surface area contributed by atoms with Crippen LogP contribution in [0.5, 0.6) is 0 Å². The van der Waals surface area contributed by atoms with Gasteiger partial charge in [0.2, 0.25) is 5.91 Å². The molecule has 0 saturated heterocycles. The van der Waals surface area contributed by atoms with Crippen molar-refractivity contribution >= 4 is 11.6 Å². The SMILES string of the molecule is CCCC(CCO)CNC(=O)Cn1cc(N)cn1. The van der Waals surface area contributed by atoms with E-state index in [1.54, 1.807) is 6.20 Å². The highest BCUT2D eigenvalue weighted by Crippen LogP contribution is 2.09. The van der Waals surface area contributed by atoms with Gasteiger partial charge in [-0.2, -0.15) is 5.10 Å². The number of hydrogen-bond donors (Lipinski definition) is 3. The van der Waals surface area contributed by atoms with Crippen molar-refractivity contribution in [1.82, 2.24) is 15.1 Å². The number of nitrogens with one attached hydrogen (secondary N) is 1. The van der Waals surface area contributed by atoms with Crippen molar-refractivity contribution in [3.05, 3.63) is 12.4 Å². The Bertz CT molecular complexity index is 359. The summed E-state index contributed by atoms with van der Waals surface area (Å²) in [6.07, 6.45) is 5.92. The Morgan fingerprint density at radius 1 is 1.61 bits per heavy atom. The Labute approximate surface area is 107 Å². The molecule has 0 aromatic carbocycles. The Hall–Kier alpha value is -1.56. The first-order valence-electron chi connectivity index (χ1n) is 6.31. The number of rotatable bonds is 8. The van der Waals surface area contributed by atoms with Crippen molar-refractivity contribution in [3.8, 4) is 0 Å². The zero-order valence-electron chi connectivity index (χ0n) is 10.8.